The lowest BCUT2D eigenvalue weighted by Gasteiger charge is -2.25. The average Bonchev–Trinajstić information content (AvgIpc) is 3.12. The number of nitrogens with one attached hydrogen (secondary N) is 2. The van der Waals surface area contributed by atoms with Crippen molar-refractivity contribution in [2.24, 2.45) is 18.0 Å². The summed E-state index contributed by atoms with van der Waals surface area (Å²) in [4.78, 5) is 4.75. The van der Waals surface area contributed by atoms with E-state index in [0.717, 1.165) is 23.5 Å². The Morgan fingerprint density at radius 3 is 2.48 bits per heavy atom. The highest BCUT2D eigenvalue weighted by Gasteiger charge is 2.33. The van der Waals surface area contributed by atoms with Gasteiger partial charge in [0.25, 0.3) is 0 Å². The van der Waals surface area contributed by atoms with E-state index in [2.05, 4.69) is 27.8 Å². The van der Waals surface area contributed by atoms with Gasteiger partial charge in [-0.3, -0.25) is 0 Å². The molecule has 2 aliphatic carbocycles. The minimum atomic E-state index is 0. The summed E-state index contributed by atoms with van der Waals surface area (Å²) < 4.78 is 2.00. The fraction of sp³-hybridized carbons (Fsp3) is 0.812. The van der Waals surface area contributed by atoms with Crippen molar-refractivity contribution in [1.82, 2.24) is 25.4 Å². The molecule has 7 heteroatoms. The first-order chi connectivity index (χ1) is 10.6. The van der Waals surface area contributed by atoms with Gasteiger partial charge in [-0.05, 0) is 32.1 Å². The minimum Gasteiger partial charge on any atom is -0.354 e. The molecule has 2 atom stereocenters. The Hall–Kier alpha value is -0.860. The van der Waals surface area contributed by atoms with Crippen molar-refractivity contribution in [1.29, 1.82) is 0 Å². The Bertz CT molecular complexity index is 535. The van der Waals surface area contributed by atoms with Crippen molar-refractivity contribution >= 4 is 29.9 Å². The van der Waals surface area contributed by atoms with Crippen molar-refractivity contribution in [2.45, 2.75) is 71.0 Å². The van der Waals surface area contributed by atoms with Gasteiger partial charge in [-0.2, -0.15) is 0 Å². The Morgan fingerprint density at radius 1 is 1.22 bits per heavy atom. The summed E-state index contributed by atoms with van der Waals surface area (Å²) in [6.07, 6.45) is 7.78. The highest BCUT2D eigenvalue weighted by molar-refractivity contribution is 14.0. The van der Waals surface area contributed by atoms with E-state index in [1.54, 1.807) is 0 Å². The molecule has 1 aromatic heterocycles. The third kappa shape index (κ3) is 5.06. The number of nitrogens with zero attached hydrogens (tertiary/aromatic N) is 4. The zero-order valence-electron chi connectivity index (χ0n) is 14.4. The molecule has 0 spiro atoms. The fourth-order valence-electron chi connectivity index (χ4n) is 3.01. The predicted molar refractivity (Wildman–Crippen MR) is 103 cm³/mol. The van der Waals surface area contributed by atoms with E-state index in [9.17, 15) is 0 Å². The number of aromatic nitrogens is 3. The molecule has 1 heterocycles. The van der Waals surface area contributed by atoms with E-state index in [1.165, 1.54) is 38.5 Å². The summed E-state index contributed by atoms with van der Waals surface area (Å²) in [5.41, 5.74) is 0. The van der Waals surface area contributed by atoms with Crippen LogP contribution in [0.3, 0.4) is 0 Å². The lowest BCUT2D eigenvalue weighted by molar-refractivity contribution is 0.409. The summed E-state index contributed by atoms with van der Waals surface area (Å²) in [6, 6.07) is 1.14. The highest BCUT2D eigenvalue weighted by atomic mass is 127. The SMILES string of the molecule is Cc1nnc(CN=C(NC2CCCCC2)NC2CC2C)n1C.I. The molecule has 0 amide bonds. The number of hydrogen-bond acceptors (Lipinski definition) is 3. The largest absolute Gasteiger partial charge is 0.354 e. The van der Waals surface area contributed by atoms with Gasteiger partial charge in [0.15, 0.2) is 11.8 Å². The predicted octanol–water partition coefficient (Wildman–Crippen LogP) is 2.52. The first-order valence-electron chi connectivity index (χ1n) is 8.56. The van der Waals surface area contributed by atoms with Crippen LogP contribution in [0.4, 0.5) is 0 Å². The standard InChI is InChI=1S/C16H28N6.HI/c1-11-9-14(11)19-16(18-13-7-5-4-6-8-13)17-10-15-21-20-12(2)22(15)3;/h11,13-14H,4-10H2,1-3H3,(H2,17,18,19);1H. The molecule has 3 rings (SSSR count). The Labute approximate surface area is 155 Å². The number of hydrogen-bond donors (Lipinski definition) is 2. The van der Waals surface area contributed by atoms with Gasteiger partial charge in [0, 0.05) is 19.1 Å². The lowest BCUT2D eigenvalue weighted by atomic mass is 9.96. The molecule has 0 radical (unpaired) electrons. The van der Waals surface area contributed by atoms with Gasteiger partial charge < -0.3 is 15.2 Å². The van der Waals surface area contributed by atoms with E-state index in [-0.39, 0.29) is 24.0 Å². The van der Waals surface area contributed by atoms with Crippen molar-refractivity contribution < 1.29 is 0 Å². The molecule has 0 aliphatic heterocycles. The van der Waals surface area contributed by atoms with E-state index in [0.29, 0.717) is 18.6 Å². The van der Waals surface area contributed by atoms with Crippen molar-refractivity contribution in [3.05, 3.63) is 11.6 Å². The fourth-order valence-corrected chi connectivity index (χ4v) is 3.01. The summed E-state index contributed by atoms with van der Waals surface area (Å²) in [5, 5.41) is 15.5. The summed E-state index contributed by atoms with van der Waals surface area (Å²) in [5.74, 6) is 3.54. The van der Waals surface area contributed by atoms with Crippen LogP contribution < -0.4 is 10.6 Å². The highest BCUT2D eigenvalue weighted by Crippen LogP contribution is 2.29. The summed E-state index contributed by atoms with van der Waals surface area (Å²) in [6.45, 7) is 4.81. The van der Waals surface area contributed by atoms with Crippen LogP contribution in [0.1, 0.15) is 57.1 Å². The van der Waals surface area contributed by atoms with Gasteiger partial charge in [0.05, 0.1) is 0 Å². The Morgan fingerprint density at radius 2 is 1.91 bits per heavy atom. The van der Waals surface area contributed by atoms with Crippen molar-refractivity contribution in [3.8, 4) is 0 Å². The molecule has 0 saturated heterocycles. The van der Waals surface area contributed by atoms with Crippen LogP contribution in [-0.4, -0.2) is 32.8 Å². The molecular formula is C16H29IN6. The molecule has 0 aromatic carbocycles. The van der Waals surface area contributed by atoms with Crippen LogP contribution in [0.25, 0.3) is 0 Å². The number of aliphatic imine (C=N–C) groups is 1. The number of guanidine groups is 1. The molecule has 2 saturated carbocycles. The second kappa shape index (κ2) is 8.30. The topological polar surface area (TPSA) is 67.1 Å². The normalized spacial score (nSPS) is 24.9. The maximum absolute atomic E-state index is 4.75. The molecule has 130 valence electrons. The molecule has 2 fully saturated rings. The second-order valence-corrected chi connectivity index (χ2v) is 6.83. The van der Waals surface area contributed by atoms with E-state index in [4.69, 9.17) is 4.99 Å². The van der Waals surface area contributed by atoms with Crippen LogP contribution in [0.2, 0.25) is 0 Å². The number of rotatable bonds is 4. The molecule has 1 aromatic rings. The zero-order chi connectivity index (χ0) is 15.5. The molecular weight excluding hydrogens is 403 g/mol. The molecule has 6 nitrogen and oxygen atoms in total. The molecule has 23 heavy (non-hydrogen) atoms. The first-order valence-corrected chi connectivity index (χ1v) is 8.56. The van der Waals surface area contributed by atoms with E-state index < -0.39 is 0 Å². The van der Waals surface area contributed by atoms with Crippen LogP contribution in [-0.2, 0) is 13.6 Å². The van der Waals surface area contributed by atoms with Crippen molar-refractivity contribution in [2.75, 3.05) is 0 Å². The van der Waals surface area contributed by atoms with Gasteiger partial charge in [-0.25, -0.2) is 4.99 Å². The molecule has 2 unspecified atom stereocenters. The second-order valence-electron chi connectivity index (χ2n) is 6.83. The zero-order valence-corrected chi connectivity index (χ0v) is 16.7. The van der Waals surface area contributed by atoms with E-state index >= 15 is 0 Å². The Balaban J connectivity index is 0.00000192. The average molecular weight is 432 g/mol. The maximum Gasteiger partial charge on any atom is 0.192 e. The quantitative estimate of drug-likeness (QED) is 0.436. The summed E-state index contributed by atoms with van der Waals surface area (Å²) >= 11 is 0. The minimum absolute atomic E-state index is 0. The van der Waals surface area contributed by atoms with Crippen LogP contribution >= 0.6 is 24.0 Å². The Kier molecular flexibility index (Phi) is 6.67. The van der Waals surface area contributed by atoms with Crippen LogP contribution in [0.15, 0.2) is 4.99 Å². The van der Waals surface area contributed by atoms with Crippen LogP contribution in [0.5, 0.6) is 0 Å². The van der Waals surface area contributed by atoms with Gasteiger partial charge in [-0.15, -0.1) is 34.2 Å². The van der Waals surface area contributed by atoms with E-state index in [1.807, 2.05) is 18.5 Å². The van der Waals surface area contributed by atoms with Gasteiger partial charge >= 0.3 is 0 Å². The third-order valence-electron chi connectivity index (χ3n) is 4.94. The third-order valence-corrected chi connectivity index (χ3v) is 4.94. The van der Waals surface area contributed by atoms with Gasteiger partial charge in [0.2, 0.25) is 0 Å². The molecule has 2 N–H and O–H groups in total. The maximum atomic E-state index is 4.75. The number of aryl methyl sites for hydroxylation is 1. The summed E-state index contributed by atoms with van der Waals surface area (Å²) in [7, 11) is 1.99. The monoisotopic (exact) mass is 432 g/mol. The van der Waals surface area contributed by atoms with Crippen molar-refractivity contribution in [3.63, 3.8) is 0 Å². The van der Waals surface area contributed by atoms with Gasteiger partial charge in [0.1, 0.15) is 12.4 Å². The lowest BCUT2D eigenvalue weighted by Crippen LogP contribution is -2.45. The first kappa shape index (κ1) is 18.5. The van der Waals surface area contributed by atoms with Crippen LogP contribution in [0, 0.1) is 12.8 Å². The molecule has 2 aliphatic rings. The smallest absolute Gasteiger partial charge is 0.192 e. The van der Waals surface area contributed by atoms with Gasteiger partial charge in [-0.1, -0.05) is 26.2 Å². The number of halogens is 1. The molecule has 0 bridgehead atoms.